The van der Waals surface area contributed by atoms with Gasteiger partial charge in [0, 0.05) is 24.7 Å². The summed E-state index contributed by atoms with van der Waals surface area (Å²) in [5, 5.41) is 5.19. The molecule has 4 rings (SSSR count). The zero-order chi connectivity index (χ0) is 20.3. The van der Waals surface area contributed by atoms with Crippen molar-refractivity contribution in [1.82, 2.24) is 9.55 Å². The third kappa shape index (κ3) is 3.14. The summed E-state index contributed by atoms with van der Waals surface area (Å²) >= 11 is 0. The minimum atomic E-state index is -3.70. The molecule has 1 aliphatic rings. The number of aryl methyl sites for hydroxylation is 1. The van der Waals surface area contributed by atoms with Crippen LogP contribution in [0.3, 0.4) is 0 Å². The van der Waals surface area contributed by atoms with Crippen molar-refractivity contribution < 1.29 is 12.8 Å². The Labute approximate surface area is 164 Å². The molecule has 1 aliphatic carbocycles. The third-order valence-electron chi connectivity index (χ3n) is 5.69. The van der Waals surface area contributed by atoms with E-state index < -0.39 is 10.0 Å². The molecule has 2 N–H and O–H groups in total. The second-order valence-corrected chi connectivity index (χ2v) is 9.56. The van der Waals surface area contributed by atoms with Crippen molar-refractivity contribution in [1.29, 1.82) is 0 Å². The first-order chi connectivity index (χ1) is 13.1. The van der Waals surface area contributed by atoms with Gasteiger partial charge >= 0.3 is 0 Å². The molecular weight excluding hydrogens is 377 g/mol. The highest BCUT2D eigenvalue weighted by atomic mass is 32.2. The SMILES string of the molecule is Cn1cc([C@H]2[C@H](c3ccc(S(N)(=O)=O)cc3)C2(C)C)nc1-c1cccc(F)c1. The van der Waals surface area contributed by atoms with E-state index in [4.69, 9.17) is 10.1 Å². The van der Waals surface area contributed by atoms with Crippen molar-refractivity contribution in [2.45, 2.75) is 30.6 Å². The summed E-state index contributed by atoms with van der Waals surface area (Å²) in [5.74, 6) is 0.848. The number of hydrogen-bond donors (Lipinski definition) is 1. The van der Waals surface area contributed by atoms with E-state index in [9.17, 15) is 12.8 Å². The maximum absolute atomic E-state index is 13.6. The fourth-order valence-electron chi connectivity index (χ4n) is 4.21. The van der Waals surface area contributed by atoms with Gasteiger partial charge in [0.25, 0.3) is 0 Å². The summed E-state index contributed by atoms with van der Waals surface area (Å²) in [7, 11) is -1.80. The topological polar surface area (TPSA) is 78.0 Å². The molecule has 1 heterocycles. The van der Waals surface area contributed by atoms with E-state index in [1.54, 1.807) is 18.2 Å². The van der Waals surface area contributed by atoms with Gasteiger partial charge in [-0.1, -0.05) is 38.1 Å². The molecule has 0 unspecified atom stereocenters. The molecule has 2 atom stereocenters. The van der Waals surface area contributed by atoms with Gasteiger partial charge in [0.1, 0.15) is 11.6 Å². The number of halogens is 1. The van der Waals surface area contributed by atoms with Crippen LogP contribution < -0.4 is 5.14 Å². The van der Waals surface area contributed by atoms with E-state index in [2.05, 4.69) is 13.8 Å². The lowest BCUT2D eigenvalue weighted by Gasteiger charge is -2.04. The standard InChI is InChI=1S/C21H22FN3O2S/c1-21(2)18(13-7-9-16(10-8-13)28(23,26)27)19(21)17-12-25(3)20(24-17)14-5-4-6-15(22)11-14/h4-12,18-19H,1-3H3,(H2,23,26,27)/t18-,19-/m0/s1. The summed E-state index contributed by atoms with van der Waals surface area (Å²) in [6.45, 7) is 4.35. The van der Waals surface area contributed by atoms with E-state index in [0.717, 1.165) is 22.6 Å². The molecule has 1 aromatic heterocycles. The van der Waals surface area contributed by atoms with Gasteiger partial charge in [-0.15, -0.1) is 0 Å². The van der Waals surface area contributed by atoms with Crippen molar-refractivity contribution >= 4 is 10.0 Å². The van der Waals surface area contributed by atoms with Gasteiger partial charge in [-0.3, -0.25) is 0 Å². The average Bonchev–Trinajstić information content (AvgIpc) is 2.99. The average molecular weight is 399 g/mol. The predicted molar refractivity (Wildman–Crippen MR) is 106 cm³/mol. The number of nitrogens with zero attached hydrogens (tertiary/aromatic N) is 2. The number of rotatable bonds is 4. The molecule has 0 aliphatic heterocycles. The molecule has 1 saturated carbocycles. The Kier molecular flexibility index (Phi) is 4.21. The third-order valence-corrected chi connectivity index (χ3v) is 6.62. The van der Waals surface area contributed by atoms with Crippen LogP contribution in [0.1, 0.15) is 36.9 Å². The summed E-state index contributed by atoms with van der Waals surface area (Å²) in [5.41, 5.74) is 2.73. The quantitative estimate of drug-likeness (QED) is 0.725. The second-order valence-electron chi connectivity index (χ2n) is 8.00. The minimum Gasteiger partial charge on any atom is -0.334 e. The molecular formula is C21H22FN3O2S. The van der Waals surface area contributed by atoms with Gasteiger partial charge < -0.3 is 4.57 Å². The molecule has 0 spiro atoms. The van der Waals surface area contributed by atoms with Crippen molar-refractivity contribution in [3.63, 3.8) is 0 Å². The molecule has 146 valence electrons. The number of sulfonamides is 1. The number of nitrogens with two attached hydrogens (primary N) is 1. The van der Waals surface area contributed by atoms with Gasteiger partial charge in [0.15, 0.2) is 0 Å². The summed E-state index contributed by atoms with van der Waals surface area (Å²) in [4.78, 5) is 4.90. The molecule has 1 fully saturated rings. The lowest BCUT2D eigenvalue weighted by Crippen LogP contribution is -2.11. The number of aromatic nitrogens is 2. The maximum Gasteiger partial charge on any atom is 0.238 e. The molecule has 0 amide bonds. The highest BCUT2D eigenvalue weighted by Crippen LogP contribution is 2.69. The van der Waals surface area contributed by atoms with Gasteiger partial charge in [-0.05, 0) is 41.2 Å². The fourth-order valence-corrected chi connectivity index (χ4v) is 4.73. The van der Waals surface area contributed by atoms with Crippen molar-refractivity contribution in [3.05, 3.63) is 71.8 Å². The number of primary sulfonamides is 1. The van der Waals surface area contributed by atoms with E-state index in [0.29, 0.717) is 0 Å². The van der Waals surface area contributed by atoms with Crippen LogP contribution in [0.15, 0.2) is 59.6 Å². The van der Waals surface area contributed by atoms with Gasteiger partial charge in [0.05, 0.1) is 10.6 Å². The van der Waals surface area contributed by atoms with Crippen LogP contribution in [0.4, 0.5) is 4.39 Å². The first kappa shape index (κ1) is 18.8. The largest absolute Gasteiger partial charge is 0.334 e. The molecule has 2 aromatic carbocycles. The Bertz CT molecular complexity index is 1150. The lowest BCUT2D eigenvalue weighted by molar-refractivity contribution is 0.596. The maximum atomic E-state index is 13.6. The number of imidazole rings is 1. The van der Waals surface area contributed by atoms with Gasteiger partial charge in [-0.2, -0.15) is 0 Å². The Balaban J connectivity index is 1.66. The second kappa shape index (κ2) is 6.25. The monoisotopic (exact) mass is 399 g/mol. The molecule has 0 radical (unpaired) electrons. The molecule has 3 aromatic rings. The summed E-state index contributed by atoms with van der Waals surface area (Å²) in [6, 6.07) is 13.2. The van der Waals surface area contributed by atoms with Crippen molar-refractivity contribution in [2.24, 2.45) is 17.6 Å². The van der Waals surface area contributed by atoms with Crippen LogP contribution in [0.5, 0.6) is 0 Å². The minimum absolute atomic E-state index is 0.0172. The number of hydrogen-bond acceptors (Lipinski definition) is 3. The first-order valence-corrected chi connectivity index (χ1v) is 10.6. The van der Waals surface area contributed by atoms with E-state index in [1.807, 2.05) is 36.0 Å². The molecule has 7 heteroatoms. The van der Waals surface area contributed by atoms with Gasteiger partial charge in [-0.25, -0.2) is 22.9 Å². The molecule has 5 nitrogen and oxygen atoms in total. The van der Waals surface area contributed by atoms with E-state index >= 15 is 0 Å². The molecule has 28 heavy (non-hydrogen) atoms. The van der Waals surface area contributed by atoms with Crippen LogP contribution >= 0.6 is 0 Å². The van der Waals surface area contributed by atoms with Crippen LogP contribution in [0, 0.1) is 11.2 Å². The van der Waals surface area contributed by atoms with Gasteiger partial charge in [0.2, 0.25) is 10.0 Å². The van der Waals surface area contributed by atoms with Crippen molar-refractivity contribution in [2.75, 3.05) is 0 Å². The normalized spacial score (nSPS) is 20.9. The Morgan fingerprint density at radius 2 is 1.79 bits per heavy atom. The van der Waals surface area contributed by atoms with Crippen LogP contribution in [0.25, 0.3) is 11.4 Å². The van der Waals surface area contributed by atoms with Crippen molar-refractivity contribution in [3.8, 4) is 11.4 Å². The Hall–Kier alpha value is -2.51. The zero-order valence-corrected chi connectivity index (χ0v) is 16.7. The Morgan fingerprint density at radius 1 is 1.11 bits per heavy atom. The summed E-state index contributed by atoms with van der Waals surface area (Å²) in [6.07, 6.45) is 1.99. The van der Waals surface area contributed by atoms with E-state index in [-0.39, 0.29) is 28.0 Å². The predicted octanol–water partition coefficient (Wildman–Crippen LogP) is 3.78. The molecule has 0 bridgehead atoms. The fraction of sp³-hybridized carbons (Fsp3) is 0.286. The first-order valence-electron chi connectivity index (χ1n) is 9.01. The highest BCUT2D eigenvalue weighted by Gasteiger charge is 2.60. The summed E-state index contributed by atoms with van der Waals surface area (Å²) < 4.78 is 38.5. The zero-order valence-electron chi connectivity index (χ0n) is 15.9. The Morgan fingerprint density at radius 3 is 2.39 bits per heavy atom. The van der Waals surface area contributed by atoms with Crippen LogP contribution in [-0.2, 0) is 17.1 Å². The van der Waals surface area contributed by atoms with Crippen LogP contribution in [0.2, 0.25) is 0 Å². The lowest BCUT2D eigenvalue weighted by atomic mass is 10.0. The highest BCUT2D eigenvalue weighted by molar-refractivity contribution is 7.89. The van der Waals surface area contributed by atoms with E-state index in [1.165, 1.54) is 12.1 Å². The smallest absolute Gasteiger partial charge is 0.238 e. The molecule has 0 saturated heterocycles. The number of benzene rings is 2. The van der Waals surface area contributed by atoms with Crippen LogP contribution in [-0.4, -0.2) is 18.0 Å².